The van der Waals surface area contributed by atoms with Crippen molar-refractivity contribution in [3.63, 3.8) is 0 Å². The molecule has 0 unspecified atom stereocenters. The molecule has 1 heterocycles. The molecule has 1 aliphatic carbocycles. The van der Waals surface area contributed by atoms with Crippen molar-refractivity contribution in [2.24, 2.45) is 0 Å². The van der Waals surface area contributed by atoms with E-state index in [1.165, 1.54) is 11.3 Å². The third-order valence-electron chi connectivity index (χ3n) is 4.31. The fourth-order valence-electron chi connectivity index (χ4n) is 3.09. The Morgan fingerprint density at radius 2 is 1.96 bits per heavy atom. The Morgan fingerprint density at radius 3 is 2.84 bits per heavy atom. The molecule has 2 N–H and O–H groups in total. The highest BCUT2D eigenvalue weighted by atomic mass is 32.1. The number of carbonyl (C=O) groups excluding carboxylic acids is 2. The van der Waals surface area contributed by atoms with Crippen molar-refractivity contribution in [3.05, 3.63) is 58.6 Å². The lowest BCUT2D eigenvalue weighted by atomic mass is 10.0. The Labute approximate surface area is 149 Å². The maximum atomic E-state index is 12.2. The zero-order chi connectivity index (χ0) is 17.2. The van der Waals surface area contributed by atoms with E-state index < -0.39 is 0 Å². The highest BCUT2D eigenvalue weighted by Crippen LogP contribution is 2.29. The summed E-state index contributed by atoms with van der Waals surface area (Å²) in [6.07, 6.45) is 2.21. The average Bonchev–Trinajstić information content (AvgIpc) is 3.04. The number of hydrogen-bond donors (Lipinski definition) is 2. The van der Waals surface area contributed by atoms with Crippen LogP contribution < -0.4 is 10.6 Å². The molecule has 1 aromatic heterocycles. The van der Waals surface area contributed by atoms with Gasteiger partial charge in [-0.25, -0.2) is 9.78 Å². The minimum absolute atomic E-state index is 0.128. The Kier molecular flexibility index (Phi) is 4.19. The van der Waals surface area contributed by atoms with Gasteiger partial charge in [0.1, 0.15) is 0 Å². The van der Waals surface area contributed by atoms with Gasteiger partial charge in [0.05, 0.1) is 10.6 Å². The fraction of sp³-hybridized carbons (Fsp3) is 0.211. The Bertz CT molecular complexity index is 959. The molecule has 0 bridgehead atoms. The van der Waals surface area contributed by atoms with E-state index in [-0.39, 0.29) is 11.8 Å². The van der Waals surface area contributed by atoms with E-state index in [1.807, 2.05) is 30.3 Å². The first kappa shape index (κ1) is 15.8. The molecule has 0 aliphatic heterocycles. The normalized spacial score (nSPS) is 13.5. The van der Waals surface area contributed by atoms with Crippen LogP contribution in [0.1, 0.15) is 33.8 Å². The zero-order valence-electron chi connectivity index (χ0n) is 13.5. The summed E-state index contributed by atoms with van der Waals surface area (Å²) < 4.78 is 0. The number of ketones is 1. The van der Waals surface area contributed by atoms with Crippen LogP contribution in [0.4, 0.5) is 9.93 Å². The highest BCUT2D eigenvalue weighted by Gasteiger charge is 2.22. The van der Waals surface area contributed by atoms with Crippen molar-refractivity contribution in [1.82, 2.24) is 10.3 Å². The molecule has 2 amide bonds. The lowest BCUT2D eigenvalue weighted by Gasteiger charge is -2.08. The molecule has 25 heavy (non-hydrogen) atoms. The van der Waals surface area contributed by atoms with Gasteiger partial charge in [0.2, 0.25) is 0 Å². The molecule has 0 spiro atoms. The number of rotatable bonds is 3. The van der Waals surface area contributed by atoms with Crippen LogP contribution in [0.15, 0.2) is 42.5 Å². The van der Waals surface area contributed by atoms with E-state index in [0.29, 0.717) is 23.0 Å². The predicted octanol–water partition coefficient (Wildman–Crippen LogP) is 4.14. The number of nitrogens with one attached hydrogen (secondary N) is 2. The van der Waals surface area contributed by atoms with Crippen molar-refractivity contribution in [2.75, 3.05) is 5.32 Å². The van der Waals surface area contributed by atoms with Gasteiger partial charge in [-0.05, 0) is 29.2 Å². The van der Waals surface area contributed by atoms with Crippen LogP contribution in [0.5, 0.6) is 0 Å². The van der Waals surface area contributed by atoms with Gasteiger partial charge in [-0.3, -0.25) is 10.1 Å². The monoisotopic (exact) mass is 351 g/mol. The molecule has 6 heteroatoms. The lowest BCUT2D eigenvalue weighted by Crippen LogP contribution is -2.28. The molecule has 0 radical (unpaired) electrons. The van der Waals surface area contributed by atoms with Crippen LogP contribution in [-0.2, 0) is 13.0 Å². The fourth-order valence-corrected chi connectivity index (χ4v) is 4.06. The summed E-state index contributed by atoms with van der Waals surface area (Å²) >= 11 is 1.26. The minimum atomic E-state index is -0.313. The Balaban J connectivity index is 1.43. The third-order valence-corrected chi connectivity index (χ3v) is 5.36. The van der Waals surface area contributed by atoms with Gasteiger partial charge < -0.3 is 5.32 Å². The number of amides is 2. The van der Waals surface area contributed by atoms with E-state index in [4.69, 9.17) is 0 Å². The number of aryl methyl sites for hydroxylation is 1. The Hall–Kier alpha value is -2.73. The van der Waals surface area contributed by atoms with Gasteiger partial charge in [-0.1, -0.05) is 53.8 Å². The van der Waals surface area contributed by atoms with Crippen LogP contribution in [0.2, 0.25) is 0 Å². The predicted molar refractivity (Wildman–Crippen MR) is 99.2 cm³/mol. The number of aromatic nitrogens is 1. The summed E-state index contributed by atoms with van der Waals surface area (Å²) in [7, 11) is 0. The largest absolute Gasteiger partial charge is 0.334 e. The molecule has 3 aromatic rings. The van der Waals surface area contributed by atoms with Crippen LogP contribution in [0, 0.1) is 0 Å². The maximum absolute atomic E-state index is 12.2. The van der Waals surface area contributed by atoms with Crippen molar-refractivity contribution < 1.29 is 9.59 Å². The number of nitrogens with zero attached hydrogens (tertiary/aromatic N) is 1. The number of Topliss-reactive ketones (excluding diaryl/α,β-unsaturated/α-hetero) is 1. The molecule has 2 aromatic carbocycles. The summed E-state index contributed by atoms with van der Waals surface area (Å²) in [6, 6.07) is 13.8. The maximum Gasteiger partial charge on any atom is 0.321 e. The first-order valence-electron chi connectivity index (χ1n) is 8.25. The van der Waals surface area contributed by atoms with Crippen LogP contribution in [-0.4, -0.2) is 16.8 Å². The van der Waals surface area contributed by atoms with Crippen molar-refractivity contribution in [3.8, 4) is 0 Å². The summed E-state index contributed by atoms with van der Waals surface area (Å²) in [5, 5.41) is 8.36. The molecule has 5 nitrogen and oxygen atoms in total. The second-order valence-electron chi connectivity index (χ2n) is 6.02. The minimum Gasteiger partial charge on any atom is -0.334 e. The average molecular weight is 351 g/mol. The Morgan fingerprint density at radius 1 is 1.12 bits per heavy atom. The smallest absolute Gasteiger partial charge is 0.321 e. The van der Waals surface area contributed by atoms with E-state index in [0.717, 1.165) is 34.9 Å². The number of fused-ring (bicyclic) bond motifs is 2. The standard InChI is InChI=1S/C19H17N3O2S/c23-16-10-4-9-15-17(16)25-19(21-15)22-18(24)20-11-13-7-3-6-12-5-1-2-8-14(12)13/h1-3,5-8H,4,9-11H2,(H2,20,21,22,24). The van der Waals surface area contributed by atoms with Gasteiger partial charge in [0.15, 0.2) is 10.9 Å². The van der Waals surface area contributed by atoms with Crippen molar-refractivity contribution >= 4 is 39.1 Å². The molecule has 0 saturated carbocycles. The first-order valence-corrected chi connectivity index (χ1v) is 9.07. The summed E-state index contributed by atoms with van der Waals surface area (Å²) in [4.78, 5) is 29.1. The second-order valence-corrected chi connectivity index (χ2v) is 7.02. The first-order chi connectivity index (χ1) is 12.2. The van der Waals surface area contributed by atoms with E-state index in [1.54, 1.807) is 0 Å². The van der Waals surface area contributed by atoms with E-state index in [2.05, 4.69) is 27.8 Å². The van der Waals surface area contributed by atoms with Crippen molar-refractivity contribution in [2.45, 2.75) is 25.8 Å². The number of anilines is 1. The summed E-state index contributed by atoms with van der Waals surface area (Å²) in [6.45, 7) is 0.428. The SMILES string of the molecule is O=C(NCc1cccc2ccccc12)Nc1nc2c(s1)C(=O)CCC2. The van der Waals surface area contributed by atoms with Gasteiger partial charge in [0, 0.05) is 13.0 Å². The van der Waals surface area contributed by atoms with Gasteiger partial charge >= 0.3 is 6.03 Å². The number of hydrogen-bond acceptors (Lipinski definition) is 4. The molecular weight excluding hydrogens is 334 g/mol. The van der Waals surface area contributed by atoms with Crippen LogP contribution in [0.25, 0.3) is 10.8 Å². The molecule has 4 rings (SSSR count). The zero-order valence-corrected chi connectivity index (χ0v) is 14.4. The van der Waals surface area contributed by atoms with E-state index >= 15 is 0 Å². The summed E-state index contributed by atoms with van der Waals surface area (Å²) in [5.41, 5.74) is 1.87. The molecule has 0 fully saturated rings. The van der Waals surface area contributed by atoms with Crippen LogP contribution >= 0.6 is 11.3 Å². The van der Waals surface area contributed by atoms with Crippen LogP contribution in [0.3, 0.4) is 0 Å². The third kappa shape index (κ3) is 3.25. The molecule has 126 valence electrons. The topological polar surface area (TPSA) is 71.1 Å². The molecule has 0 atom stereocenters. The highest BCUT2D eigenvalue weighted by molar-refractivity contribution is 7.17. The number of urea groups is 1. The molecular formula is C19H17N3O2S. The van der Waals surface area contributed by atoms with Gasteiger partial charge in [-0.15, -0.1) is 0 Å². The van der Waals surface area contributed by atoms with Crippen molar-refractivity contribution in [1.29, 1.82) is 0 Å². The van der Waals surface area contributed by atoms with E-state index in [9.17, 15) is 9.59 Å². The molecule has 0 saturated heterocycles. The second kappa shape index (κ2) is 6.64. The van der Waals surface area contributed by atoms with Gasteiger partial charge in [0.25, 0.3) is 0 Å². The number of benzene rings is 2. The van der Waals surface area contributed by atoms with Gasteiger partial charge in [-0.2, -0.15) is 0 Å². The number of thiazole rings is 1. The quantitative estimate of drug-likeness (QED) is 0.745. The summed E-state index contributed by atoms with van der Waals surface area (Å²) in [5.74, 6) is 0.128. The lowest BCUT2D eigenvalue weighted by molar-refractivity contribution is 0.0976. The molecule has 1 aliphatic rings. The number of carbonyl (C=O) groups is 2.